The molecule has 0 saturated carbocycles. The Labute approximate surface area is 107 Å². The van der Waals surface area contributed by atoms with Gasteiger partial charge < -0.3 is 15.4 Å². The molecule has 0 bridgehead atoms. The molecule has 1 rings (SSSR count). The summed E-state index contributed by atoms with van der Waals surface area (Å²) in [5.41, 5.74) is 0.599. The fourth-order valence-electron chi connectivity index (χ4n) is 1.46. The maximum atomic E-state index is 11.8. The second-order valence-corrected chi connectivity index (χ2v) is 3.84. The molecule has 0 fully saturated rings. The third-order valence-corrected chi connectivity index (χ3v) is 2.26. The van der Waals surface area contributed by atoms with Crippen LogP contribution < -0.4 is 15.4 Å². The van der Waals surface area contributed by atoms with Crippen LogP contribution >= 0.6 is 0 Å². The number of hydrogen-bond acceptors (Lipinski definition) is 3. The number of carbonyl (C=O) groups is 2. The lowest BCUT2D eigenvalue weighted by Gasteiger charge is -2.15. The van der Waals surface area contributed by atoms with Crippen molar-refractivity contribution in [2.24, 2.45) is 0 Å². The molecule has 0 aliphatic rings. The van der Waals surface area contributed by atoms with Gasteiger partial charge in [-0.2, -0.15) is 0 Å². The van der Waals surface area contributed by atoms with Crippen molar-refractivity contribution in [3.8, 4) is 5.75 Å². The third kappa shape index (κ3) is 4.08. The smallest absolute Gasteiger partial charge is 0.246 e. The number of rotatable bonds is 5. The number of amides is 2. The zero-order chi connectivity index (χ0) is 13.5. The third-order valence-electron chi connectivity index (χ3n) is 2.26. The van der Waals surface area contributed by atoms with Gasteiger partial charge in [-0.1, -0.05) is 12.1 Å². The monoisotopic (exact) mass is 250 g/mol. The van der Waals surface area contributed by atoms with E-state index in [1.165, 1.54) is 6.92 Å². The molecule has 0 spiro atoms. The van der Waals surface area contributed by atoms with E-state index in [4.69, 9.17) is 4.74 Å². The van der Waals surface area contributed by atoms with Crippen LogP contribution in [0.15, 0.2) is 24.3 Å². The summed E-state index contributed by atoms with van der Waals surface area (Å²) in [7, 11) is 0. The van der Waals surface area contributed by atoms with E-state index in [1.807, 2.05) is 13.0 Å². The Kier molecular flexibility index (Phi) is 5.17. The van der Waals surface area contributed by atoms with E-state index in [2.05, 4.69) is 10.6 Å². The van der Waals surface area contributed by atoms with Crippen LogP contribution in [0.5, 0.6) is 5.75 Å². The minimum atomic E-state index is -0.586. The molecule has 1 aromatic rings. The molecule has 1 aromatic carbocycles. The van der Waals surface area contributed by atoms with Crippen molar-refractivity contribution in [3.63, 3.8) is 0 Å². The first-order chi connectivity index (χ1) is 8.54. The van der Waals surface area contributed by atoms with E-state index in [9.17, 15) is 9.59 Å². The molecule has 2 N–H and O–H groups in total. The van der Waals surface area contributed by atoms with Crippen LogP contribution in [0, 0.1) is 0 Å². The molecule has 0 aliphatic carbocycles. The quantitative estimate of drug-likeness (QED) is 0.833. The van der Waals surface area contributed by atoms with Crippen molar-refractivity contribution in [2.75, 3.05) is 11.9 Å². The lowest BCUT2D eigenvalue weighted by atomic mass is 10.2. The lowest BCUT2D eigenvalue weighted by molar-refractivity contribution is -0.124. The zero-order valence-corrected chi connectivity index (χ0v) is 10.8. The molecule has 0 saturated heterocycles. The van der Waals surface area contributed by atoms with Crippen molar-refractivity contribution in [1.29, 1.82) is 0 Å². The van der Waals surface area contributed by atoms with Crippen LogP contribution in [0.1, 0.15) is 20.8 Å². The van der Waals surface area contributed by atoms with Crippen LogP contribution in [-0.2, 0) is 9.59 Å². The lowest BCUT2D eigenvalue weighted by Crippen LogP contribution is -2.40. The molecule has 0 radical (unpaired) electrons. The van der Waals surface area contributed by atoms with Crippen molar-refractivity contribution in [2.45, 2.75) is 26.8 Å². The molecular weight excluding hydrogens is 232 g/mol. The first-order valence-corrected chi connectivity index (χ1v) is 5.84. The van der Waals surface area contributed by atoms with Gasteiger partial charge in [0.1, 0.15) is 11.8 Å². The van der Waals surface area contributed by atoms with Gasteiger partial charge in [0, 0.05) is 6.92 Å². The second-order valence-electron chi connectivity index (χ2n) is 3.84. The SMILES string of the molecule is CCOc1ccccc1NC(=O)[C@H](C)NC(C)=O. The Morgan fingerprint density at radius 2 is 2.00 bits per heavy atom. The minimum Gasteiger partial charge on any atom is -0.492 e. The van der Waals surface area contributed by atoms with Gasteiger partial charge in [0.25, 0.3) is 0 Å². The largest absolute Gasteiger partial charge is 0.492 e. The summed E-state index contributed by atoms with van der Waals surface area (Å²) in [6, 6.07) is 6.59. The normalized spacial score (nSPS) is 11.5. The van der Waals surface area contributed by atoms with Crippen LogP contribution in [0.25, 0.3) is 0 Å². The first kappa shape index (κ1) is 14.0. The summed E-state index contributed by atoms with van der Waals surface area (Å²) < 4.78 is 5.40. The predicted octanol–water partition coefficient (Wildman–Crippen LogP) is 1.55. The van der Waals surface area contributed by atoms with E-state index < -0.39 is 6.04 Å². The van der Waals surface area contributed by atoms with Crippen LogP contribution in [-0.4, -0.2) is 24.5 Å². The van der Waals surface area contributed by atoms with E-state index in [-0.39, 0.29) is 11.8 Å². The van der Waals surface area contributed by atoms with Crippen LogP contribution in [0.4, 0.5) is 5.69 Å². The first-order valence-electron chi connectivity index (χ1n) is 5.84. The molecule has 1 atom stereocenters. The molecule has 5 heteroatoms. The zero-order valence-electron chi connectivity index (χ0n) is 10.8. The van der Waals surface area contributed by atoms with Crippen molar-refractivity contribution in [1.82, 2.24) is 5.32 Å². The van der Waals surface area contributed by atoms with Gasteiger partial charge in [-0.05, 0) is 26.0 Å². The Bertz CT molecular complexity index is 432. The maximum absolute atomic E-state index is 11.8. The highest BCUT2D eigenvalue weighted by Gasteiger charge is 2.15. The maximum Gasteiger partial charge on any atom is 0.246 e. The minimum absolute atomic E-state index is 0.240. The molecule has 0 aliphatic heterocycles. The molecular formula is C13H18N2O3. The number of ether oxygens (including phenoxy) is 1. The molecule has 2 amide bonds. The Hall–Kier alpha value is -2.04. The number of para-hydroxylation sites is 2. The Morgan fingerprint density at radius 3 is 2.61 bits per heavy atom. The van der Waals surface area contributed by atoms with Gasteiger partial charge in [0.05, 0.1) is 12.3 Å². The molecule has 0 unspecified atom stereocenters. The fourth-order valence-corrected chi connectivity index (χ4v) is 1.46. The Morgan fingerprint density at radius 1 is 1.33 bits per heavy atom. The molecule has 5 nitrogen and oxygen atoms in total. The standard InChI is InChI=1S/C13H18N2O3/c1-4-18-12-8-6-5-7-11(12)15-13(17)9(2)14-10(3)16/h5-9H,4H2,1-3H3,(H,14,16)(H,15,17)/t9-/m0/s1. The average molecular weight is 250 g/mol. The van der Waals surface area contributed by atoms with Gasteiger partial charge in [-0.15, -0.1) is 0 Å². The molecule has 98 valence electrons. The second kappa shape index (κ2) is 6.64. The summed E-state index contributed by atoms with van der Waals surface area (Å²) in [4.78, 5) is 22.7. The summed E-state index contributed by atoms with van der Waals surface area (Å²) in [5, 5.41) is 5.24. The summed E-state index contributed by atoms with van der Waals surface area (Å²) in [5.74, 6) is 0.0940. The van der Waals surface area contributed by atoms with E-state index >= 15 is 0 Å². The van der Waals surface area contributed by atoms with Gasteiger partial charge in [-0.3, -0.25) is 9.59 Å². The number of carbonyl (C=O) groups excluding carboxylic acids is 2. The number of nitrogens with one attached hydrogen (secondary N) is 2. The van der Waals surface area contributed by atoms with Gasteiger partial charge in [-0.25, -0.2) is 0 Å². The highest BCUT2D eigenvalue weighted by molar-refractivity contribution is 5.97. The van der Waals surface area contributed by atoms with Crippen molar-refractivity contribution in [3.05, 3.63) is 24.3 Å². The highest BCUT2D eigenvalue weighted by Crippen LogP contribution is 2.23. The van der Waals surface area contributed by atoms with Gasteiger partial charge in [0.2, 0.25) is 11.8 Å². The van der Waals surface area contributed by atoms with Crippen molar-refractivity contribution >= 4 is 17.5 Å². The highest BCUT2D eigenvalue weighted by atomic mass is 16.5. The van der Waals surface area contributed by atoms with Crippen LogP contribution in [0.3, 0.4) is 0 Å². The number of benzene rings is 1. The summed E-state index contributed by atoms with van der Waals surface area (Å²) in [6.07, 6.45) is 0. The molecule has 0 aromatic heterocycles. The van der Waals surface area contributed by atoms with Gasteiger partial charge >= 0.3 is 0 Å². The Balaban J connectivity index is 2.72. The molecule has 0 heterocycles. The number of hydrogen-bond donors (Lipinski definition) is 2. The predicted molar refractivity (Wildman–Crippen MR) is 69.5 cm³/mol. The molecule has 18 heavy (non-hydrogen) atoms. The topological polar surface area (TPSA) is 67.4 Å². The summed E-state index contributed by atoms with van der Waals surface area (Å²) in [6.45, 7) is 5.39. The fraction of sp³-hybridized carbons (Fsp3) is 0.385. The van der Waals surface area contributed by atoms with E-state index in [0.29, 0.717) is 18.0 Å². The van der Waals surface area contributed by atoms with E-state index in [1.54, 1.807) is 25.1 Å². The van der Waals surface area contributed by atoms with E-state index in [0.717, 1.165) is 0 Å². The van der Waals surface area contributed by atoms with Gasteiger partial charge in [0.15, 0.2) is 0 Å². The summed E-state index contributed by atoms with van der Waals surface area (Å²) >= 11 is 0. The average Bonchev–Trinajstić information content (AvgIpc) is 2.31. The van der Waals surface area contributed by atoms with Crippen molar-refractivity contribution < 1.29 is 14.3 Å². The number of anilines is 1. The van der Waals surface area contributed by atoms with Crippen LogP contribution in [0.2, 0.25) is 0 Å².